The average Bonchev–Trinajstić information content (AvgIpc) is 2.77. The van der Waals surface area contributed by atoms with Crippen LogP contribution in [0.2, 0.25) is 0 Å². The zero-order chi connectivity index (χ0) is 13.9. The van der Waals surface area contributed by atoms with Gasteiger partial charge < -0.3 is 11.5 Å². The SMILES string of the molecule is CC(N)(CCCCN1Cc2ccccc2C1)C(N)=O. The third kappa shape index (κ3) is 3.55. The monoisotopic (exact) mass is 261 g/mol. The summed E-state index contributed by atoms with van der Waals surface area (Å²) in [6, 6.07) is 8.57. The zero-order valence-electron chi connectivity index (χ0n) is 11.6. The first-order valence-electron chi connectivity index (χ1n) is 6.87. The fourth-order valence-corrected chi connectivity index (χ4v) is 2.51. The second kappa shape index (κ2) is 5.72. The molecule has 104 valence electrons. The number of hydrogen-bond donors (Lipinski definition) is 2. The summed E-state index contributed by atoms with van der Waals surface area (Å²) >= 11 is 0. The summed E-state index contributed by atoms with van der Waals surface area (Å²) in [4.78, 5) is 13.5. The maximum Gasteiger partial charge on any atom is 0.237 e. The van der Waals surface area contributed by atoms with E-state index in [4.69, 9.17) is 11.5 Å². The molecule has 4 nitrogen and oxygen atoms in total. The lowest BCUT2D eigenvalue weighted by molar-refractivity contribution is -0.122. The van der Waals surface area contributed by atoms with Crippen molar-refractivity contribution < 1.29 is 4.79 Å². The van der Waals surface area contributed by atoms with E-state index in [0.717, 1.165) is 32.5 Å². The van der Waals surface area contributed by atoms with Crippen molar-refractivity contribution in [3.05, 3.63) is 35.4 Å². The molecule has 4 N–H and O–H groups in total. The molecule has 0 fully saturated rings. The molecular formula is C15H23N3O. The Labute approximate surface area is 114 Å². The highest BCUT2D eigenvalue weighted by molar-refractivity contribution is 5.83. The Morgan fingerprint density at radius 3 is 2.37 bits per heavy atom. The molecule has 1 heterocycles. The number of rotatable bonds is 6. The van der Waals surface area contributed by atoms with Gasteiger partial charge in [0, 0.05) is 13.1 Å². The van der Waals surface area contributed by atoms with Crippen LogP contribution in [0.4, 0.5) is 0 Å². The first-order valence-corrected chi connectivity index (χ1v) is 6.87. The molecule has 0 aliphatic carbocycles. The molecule has 19 heavy (non-hydrogen) atoms. The Balaban J connectivity index is 1.70. The van der Waals surface area contributed by atoms with Crippen molar-refractivity contribution >= 4 is 5.91 Å². The van der Waals surface area contributed by atoms with E-state index in [0.29, 0.717) is 6.42 Å². The summed E-state index contributed by atoms with van der Waals surface area (Å²) in [5.41, 5.74) is 13.1. The van der Waals surface area contributed by atoms with E-state index in [-0.39, 0.29) is 0 Å². The number of nitrogens with two attached hydrogens (primary N) is 2. The van der Waals surface area contributed by atoms with E-state index in [1.165, 1.54) is 11.1 Å². The quantitative estimate of drug-likeness (QED) is 0.760. The third-order valence-corrected chi connectivity index (χ3v) is 3.89. The Hall–Kier alpha value is -1.39. The largest absolute Gasteiger partial charge is 0.368 e. The van der Waals surface area contributed by atoms with Crippen molar-refractivity contribution in [2.24, 2.45) is 11.5 Å². The van der Waals surface area contributed by atoms with Gasteiger partial charge in [0.1, 0.15) is 0 Å². The van der Waals surface area contributed by atoms with Crippen LogP contribution in [0.1, 0.15) is 37.3 Å². The van der Waals surface area contributed by atoms with Crippen LogP contribution in [0.5, 0.6) is 0 Å². The molecule has 4 heteroatoms. The molecule has 0 saturated heterocycles. The first-order chi connectivity index (χ1) is 8.99. The number of carbonyl (C=O) groups excluding carboxylic acids is 1. The van der Waals surface area contributed by atoms with E-state index in [2.05, 4.69) is 29.2 Å². The topological polar surface area (TPSA) is 72.3 Å². The number of hydrogen-bond acceptors (Lipinski definition) is 3. The van der Waals surface area contributed by atoms with Crippen LogP contribution in [0, 0.1) is 0 Å². The van der Waals surface area contributed by atoms with Gasteiger partial charge in [-0.2, -0.15) is 0 Å². The van der Waals surface area contributed by atoms with Crippen LogP contribution in [0.15, 0.2) is 24.3 Å². The number of nitrogens with zero attached hydrogens (tertiary/aromatic N) is 1. The highest BCUT2D eigenvalue weighted by Crippen LogP contribution is 2.22. The van der Waals surface area contributed by atoms with Gasteiger partial charge in [0.25, 0.3) is 0 Å². The van der Waals surface area contributed by atoms with Crippen molar-refractivity contribution in [1.29, 1.82) is 0 Å². The summed E-state index contributed by atoms with van der Waals surface area (Å²) < 4.78 is 0. The van der Waals surface area contributed by atoms with Crippen molar-refractivity contribution in [3.63, 3.8) is 0 Å². The maximum atomic E-state index is 11.1. The van der Waals surface area contributed by atoms with Crippen LogP contribution in [-0.2, 0) is 17.9 Å². The molecular weight excluding hydrogens is 238 g/mol. The van der Waals surface area contributed by atoms with E-state index >= 15 is 0 Å². The van der Waals surface area contributed by atoms with Crippen LogP contribution in [0.25, 0.3) is 0 Å². The summed E-state index contributed by atoms with van der Waals surface area (Å²) in [7, 11) is 0. The minimum absolute atomic E-state index is 0.416. The van der Waals surface area contributed by atoms with Gasteiger partial charge in [-0.3, -0.25) is 9.69 Å². The fraction of sp³-hybridized carbons (Fsp3) is 0.533. The molecule has 0 saturated carbocycles. The van der Waals surface area contributed by atoms with Crippen molar-refractivity contribution in [3.8, 4) is 0 Å². The van der Waals surface area contributed by atoms with Gasteiger partial charge in [-0.15, -0.1) is 0 Å². The maximum absolute atomic E-state index is 11.1. The van der Waals surface area contributed by atoms with Gasteiger partial charge in [-0.05, 0) is 43.9 Å². The predicted octanol–water partition coefficient (Wildman–Crippen LogP) is 1.38. The minimum Gasteiger partial charge on any atom is -0.368 e. The lowest BCUT2D eigenvalue weighted by atomic mass is 9.95. The summed E-state index contributed by atoms with van der Waals surface area (Å²) in [5, 5.41) is 0. The molecule has 0 bridgehead atoms. The smallest absolute Gasteiger partial charge is 0.237 e. The van der Waals surface area contributed by atoms with Gasteiger partial charge in [-0.1, -0.05) is 24.3 Å². The summed E-state index contributed by atoms with van der Waals surface area (Å²) in [5.74, 6) is -0.416. The highest BCUT2D eigenvalue weighted by Gasteiger charge is 2.25. The molecule has 2 rings (SSSR count). The third-order valence-electron chi connectivity index (χ3n) is 3.89. The number of carbonyl (C=O) groups is 1. The molecule has 0 aromatic heterocycles. The van der Waals surface area contributed by atoms with E-state index < -0.39 is 11.4 Å². The standard InChI is InChI=1S/C15H23N3O/c1-15(17,14(16)19)8-4-5-9-18-10-12-6-2-3-7-13(12)11-18/h2-3,6-7H,4-5,8-11,17H2,1H3,(H2,16,19). The lowest BCUT2D eigenvalue weighted by Crippen LogP contribution is -2.49. The van der Waals surface area contributed by atoms with Crippen molar-refractivity contribution in [1.82, 2.24) is 4.90 Å². The number of primary amides is 1. The molecule has 1 aromatic rings. The van der Waals surface area contributed by atoms with E-state index in [1.807, 2.05) is 0 Å². The number of unbranched alkanes of at least 4 members (excludes halogenated alkanes) is 1. The number of benzene rings is 1. The predicted molar refractivity (Wildman–Crippen MR) is 76.2 cm³/mol. The van der Waals surface area contributed by atoms with Gasteiger partial charge >= 0.3 is 0 Å². The molecule has 1 amide bonds. The molecule has 1 atom stereocenters. The minimum atomic E-state index is -0.867. The Morgan fingerprint density at radius 2 is 1.84 bits per heavy atom. The van der Waals surface area contributed by atoms with Gasteiger partial charge in [-0.25, -0.2) is 0 Å². The highest BCUT2D eigenvalue weighted by atomic mass is 16.1. The van der Waals surface area contributed by atoms with Crippen molar-refractivity contribution in [2.45, 2.75) is 44.8 Å². The van der Waals surface area contributed by atoms with E-state index in [9.17, 15) is 4.79 Å². The van der Waals surface area contributed by atoms with E-state index in [1.54, 1.807) is 6.92 Å². The molecule has 1 aliphatic rings. The Bertz CT molecular complexity index is 431. The van der Waals surface area contributed by atoms with Crippen LogP contribution >= 0.6 is 0 Å². The van der Waals surface area contributed by atoms with Crippen molar-refractivity contribution in [2.75, 3.05) is 6.54 Å². The molecule has 1 aliphatic heterocycles. The summed E-state index contributed by atoms with van der Waals surface area (Å²) in [6.07, 6.45) is 2.64. The summed E-state index contributed by atoms with van der Waals surface area (Å²) in [6.45, 7) is 4.82. The Kier molecular flexibility index (Phi) is 4.22. The van der Waals surface area contributed by atoms with Crippen LogP contribution in [0.3, 0.4) is 0 Å². The fourth-order valence-electron chi connectivity index (χ4n) is 2.51. The molecule has 1 unspecified atom stereocenters. The second-order valence-corrected chi connectivity index (χ2v) is 5.72. The number of amides is 1. The normalized spacial score (nSPS) is 18.0. The Morgan fingerprint density at radius 1 is 1.26 bits per heavy atom. The van der Waals surface area contributed by atoms with Gasteiger partial charge in [0.15, 0.2) is 0 Å². The first kappa shape index (κ1) is 14.0. The number of fused-ring (bicyclic) bond motifs is 1. The second-order valence-electron chi connectivity index (χ2n) is 5.72. The zero-order valence-corrected chi connectivity index (χ0v) is 11.6. The lowest BCUT2D eigenvalue weighted by Gasteiger charge is -2.21. The van der Waals surface area contributed by atoms with Crippen LogP contribution in [-0.4, -0.2) is 22.9 Å². The average molecular weight is 261 g/mol. The molecule has 1 aromatic carbocycles. The van der Waals surface area contributed by atoms with Gasteiger partial charge in [0.05, 0.1) is 5.54 Å². The van der Waals surface area contributed by atoms with Gasteiger partial charge in [0.2, 0.25) is 5.91 Å². The van der Waals surface area contributed by atoms with Crippen LogP contribution < -0.4 is 11.5 Å². The molecule has 0 radical (unpaired) electrons. The molecule has 0 spiro atoms.